The van der Waals surface area contributed by atoms with Gasteiger partial charge in [0.05, 0.1) is 17.3 Å². The number of nitrogens with zero attached hydrogens (tertiary/aromatic N) is 3. The first kappa shape index (κ1) is 21.3. The second-order valence-electron chi connectivity index (χ2n) is 9.11. The third-order valence-electron chi connectivity index (χ3n) is 6.49. The molecule has 1 aliphatic carbocycles. The number of aryl methyl sites for hydroxylation is 1. The molecule has 0 bridgehead atoms. The highest BCUT2D eigenvalue weighted by Crippen LogP contribution is 2.41. The fraction of sp³-hybridized carbons (Fsp3) is 0.522. The van der Waals surface area contributed by atoms with E-state index in [0.717, 1.165) is 25.8 Å². The van der Waals surface area contributed by atoms with Crippen molar-refractivity contribution in [3.05, 3.63) is 39.4 Å². The van der Waals surface area contributed by atoms with E-state index in [-0.39, 0.29) is 22.4 Å². The molecule has 7 nitrogen and oxygen atoms in total. The molecule has 1 aliphatic heterocycles. The van der Waals surface area contributed by atoms with Crippen LogP contribution in [0, 0.1) is 29.5 Å². The molecule has 8 heteroatoms. The van der Waals surface area contributed by atoms with E-state index in [1.807, 2.05) is 16.4 Å². The van der Waals surface area contributed by atoms with Crippen molar-refractivity contribution < 1.29 is 14.3 Å². The Morgan fingerprint density at radius 1 is 1.45 bits per heavy atom. The number of carboxylic acids is 1. The normalized spacial score (nSPS) is 20.9. The molecule has 2 aliphatic rings. The van der Waals surface area contributed by atoms with Crippen LogP contribution in [0.2, 0.25) is 0 Å². The SMILES string of the molecule is Cc1c(N2CCC(C)(CNCCC#N)C2)c(F)cc2c(=O)c(C(=O)O)cn(C3CC3)c12. The van der Waals surface area contributed by atoms with Crippen molar-refractivity contribution in [3.63, 3.8) is 0 Å². The fourth-order valence-electron chi connectivity index (χ4n) is 4.74. The highest BCUT2D eigenvalue weighted by atomic mass is 19.1. The Bertz CT molecular complexity index is 1150. The number of nitriles is 1. The topological polar surface area (TPSA) is 98.4 Å². The molecule has 1 atom stereocenters. The summed E-state index contributed by atoms with van der Waals surface area (Å²) in [6.45, 7) is 6.71. The van der Waals surface area contributed by atoms with E-state index in [1.165, 1.54) is 12.3 Å². The van der Waals surface area contributed by atoms with E-state index in [9.17, 15) is 14.7 Å². The number of benzene rings is 1. The number of pyridine rings is 1. The monoisotopic (exact) mass is 426 g/mol. The van der Waals surface area contributed by atoms with Crippen molar-refractivity contribution in [2.45, 2.75) is 45.6 Å². The minimum atomic E-state index is -1.29. The van der Waals surface area contributed by atoms with Crippen LogP contribution < -0.4 is 15.6 Å². The van der Waals surface area contributed by atoms with E-state index >= 15 is 4.39 Å². The van der Waals surface area contributed by atoms with Gasteiger partial charge in [0.25, 0.3) is 0 Å². The number of halogens is 1. The molecule has 1 saturated heterocycles. The number of carbonyl (C=O) groups is 1. The Morgan fingerprint density at radius 2 is 2.19 bits per heavy atom. The van der Waals surface area contributed by atoms with Crippen molar-refractivity contribution >= 4 is 22.6 Å². The Balaban J connectivity index is 1.74. The Morgan fingerprint density at radius 3 is 2.84 bits per heavy atom. The van der Waals surface area contributed by atoms with Gasteiger partial charge in [-0.1, -0.05) is 6.92 Å². The van der Waals surface area contributed by atoms with Crippen LogP contribution in [0.15, 0.2) is 17.1 Å². The number of hydrogen-bond acceptors (Lipinski definition) is 5. The molecule has 2 heterocycles. The highest BCUT2D eigenvalue weighted by molar-refractivity contribution is 5.95. The van der Waals surface area contributed by atoms with E-state index < -0.39 is 17.2 Å². The van der Waals surface area contributed by atoms with Crippen LogP contribution in [-0.4, -0.2) is 41.8 Å². The zero-order valence-electron chi connectivity index (χ0n) is 17.9. The number of carboxylic acid groups (broad SMARTS) is 1. The Labute approximate surface area is 180 Å². The van der Waals surface area contributed by atoms with E-state index in [1.54, 1.807) is 0 Å². The van der Waals surface area contributed by atoms with Crippen LogP contribution in [0.3, 0.4) is 0 Å². The quantitative estimate of drug-likeness (QED) is 0.660. The van der Waals surface area contributed by atoms with Gasteiger partial charge in [0.1, 0.15) is 11.4 Å². The maximum atomic E-state index is 15.3. The Kier molecular flexibility index (Phi) is 5.48. The van der Waals surface area contributed by atoms with Gasteiger partial charge in [-0.25, -0.2) is 9.18 Å². The van der Waals surface area contributed by atoms with Gasteiger partial charge < -0.3 is 19.9 Å². The molecule has 1 aromatic carbocycles. The third kappa shape index (κ3) is 3.90. The van der Waals surface area contributed by atoms with Crippen molar-refractivity contribution in [2.75, 3.05) is 31.1 Å². The van der Waals surface area contributed by atoms with Gasteiger partial charge in [-0.05, 0) is 43.2 Å². The molecule has 2 aromatic rings. The maximum Gasteiger partial charge on any atom is 0.341 e. The van der Waals surface area contributed by atoms with Crippen LogP contribution in [-0.2, 0) is 0 Å². The summed E-state index contributed by atoms with van der Waals surface area (Å²) in [5, 5.41) is 21.6. The van der Waals surface area contributed by atoms with Gasteiger partial charge in [-0.15, -0.1) is 0 Å². The first-order valence-corrected chi connectivity index (χ1v) is 10.7. The smallest absolute Gasteiger partial charge is 0.341 e. The molecule has 1 saturated carbocycles. The zero-order valence-corrected chi connectivity index (χ0v) is 17.9. The second kappa shape index (κ2) is 7.97. The summed E-state index contributed by atoms with van der Waals surface area (Å²) in [6.07, 6.45) is 4.59. The van der Waals surface area contributed by atoms with E-state index in [4.69, 9.17) is 5.26 Å². The van der Waals surface area contributed by atoms with E-state index in [2.05, 4.69) is 18.3 Å². The number of rotatable bonds is 7. The first-order valence-electron chi connectivity index (χ1n) is 10.7. The predicted octanol–water partition coefficient (Wildman–Crippen LogP) is 3.20. The van der Waals surface area contributed by atoms with Crippen molar-refractivity contribution in [1.82, 2.24) is 9.88 Å². The molecule has 4 rings (SSSR count). The fourth-order valence-corrected chi connectivity index (χ4v) is 4.74. The molecule has 0 radical (unpaired) electrons. The summed E-state index contributed by atoms with van der Waals surface area (Å²) < 4.78 is 17.2. The zero-order chi connectivity index (χ0) is 22.3. The van der Waals surface area contributed by atoms with Gasteiger partial charge >= 0.3 is 5.97 Å². The number of hydrogen-bond donors (Lipinski definition) is 2. The number of nitrogens with one attached hydrogen (secondary N) is 1. The molecule has 2 fully saturated rings. The lowest BCUT2D eigenvalue weighted by Crippen LogP contribution is -2.35. The summed E-state index contributed by atoms with van der Waals surface area (Å²) >= 11 is 0. The standard InChI is InChI=1S/C23H27FN4O3/c1-14-19-16(21(29)17(22(30)31)11-28(19)15-4-5-15)10-18(24)20(14)27-9-6-23(2,13-27)12-26-8-3-7-25/h10-11,15,26H,3-6,8-9,12-13H2,1-2H3,(H,30,31). The maximum absolute atomic E-state index is 15.3. The van der Waals surface area contributed by atoms with Gasteiger partial charge in [0.2, 0.25) is 5.43 Å². The van der Waals surface area contributed by atoms with Gasteiger partial charge in [-0.3, -0.25) is 4.79 Å². The van der Waals surface area contributed by atoms with Crippen LogP contribution in [0.1, 0.15) is 54.6 Å². The van der Waals surface area contributed by atoms with Crippen LogP contribution in [0.4, 0.5) is 10.1 Å². The average Bonchev–Trinajstić information content (AvgIpc) is 3.49. The summed E-state index contributed by atoms with van der Waals surface area (Å²) in [5.74, 6) is -1.78. The lowest BCUT2D eigenvalue weighted by molar-refractivity contribution is 0.0695. The molecular formula is C23H27FN4O3. The lowest BCUT2D eigenvalue weighted by Gasteiger charge is -2.28. The Hall–Kier alpha value is -2.92. The lowest BCUT2D eigenvalue weighted by atomic mass is 9.90. The largest absolute Gasteiger partial charge is 0.477 e. The van der Waals surface area contributed by atoms with Crippen molar-refractivity contribution in [1.29, 1.82) is 5.26 Å². The molecular weight excluding hydrogens is 399 g/mol. The number of anilines is 1. The van der Waals surface area contributed by atoms with Crippen molar-refractivity contribution in [2.24, 2.45) is 5.41 Å². The predicted molar refractivity (Wildman–Crippen MR) is 116 cm³/mol. The van der Waals surface area contributed by atoms with Crippen molar-refractivity contribution in [3.8, 4) is 6.07 Å². The minimum Gasteiger partial charge on any atom is -0.477 e. The van der Waals surface area contributed by atoms with Crippen LogP contribution in [0.25, 0.3) is 10.9 Å². The molecule has 1 unspecified atom stereocenters. The summed E-state index contributed by atoms with van der Waals surface area (Å²) in [7, 11) is 0. The molecule has 2 N–H and O–H groups in total. The van der Waals surface area contributed by atoms with Crippen LogP contribution in [0.5, 0.6) is 0 Å². The summed E-state index contributed by atoms with van der Waals surface area (Å²) in [6, 6.07) is 3.48. The summed E-state index contributed by atoms with van der Waals surface area (Å²) in [4.78, 5) is 26.4. The molecule has 31 heavy (non-hydrogen) atoms. The number of aromatic carboxylic acids is 1. The third-order valence-corrected chi connectivity index (χ3v) is 6.49. The van der Waals surface area contributed by atoms with Gasteiger partial charge in [-0.2, -0.15) is 5.26 Å². The average molecular weight is 426 g/mol. The van der Waals surface area contributed by atoms with E-state index in [0.29, 0.717) is 42.8 Å². The summed E-state index contributed by atoms with van der Waals surface area (Å²) in [5.41, 5.74) is 0.800. The molecule has 1 aromatic heterocycles. The minimum absolute atomic E-state index is 0.0490. The van der Waals surface area contributed by atoms with Gasteiger partial charge in [0, 0.05) is 50.2 Å². The first-order chi connectivity index (χ1) is 14.8. The highest BCUT2D eigenvalue weighted by Gasteiger charge is 2.36. The molecule has 0 spiro atoms. The van der Waals surface area contributed by atoms with Crippen LogP contribution >= 0.6 is 0 Å². The van der Waals surface area contributed by atoms with Gasteiger partial charge in [0.15, 0.2) is 0 Å². The number of fused-ring (bicyclic) bond motifs is 1. The molecule has 164 valence electrons. The number of aromatic nitrogens is 1. The second-order valence-corrected chi connectivity index (χ2v) is 9.11. The molecule has 0 amide bonds.